The molecule has 0 spiro atoms. The van der Waals surface area contributed by atoms with Gasteiger partial charge >= 0.3 is 0 Å². The van der Waals surface area contributed by atoms with E-state index in [1.165, 1.54) is 6.07 Å². The average molecular weight is 282 g/mol. The van der Waals surface area contributed by atoms with Gasteiger partial charge in [0.1, 0.15) is 10.1 Å². The van der Waals surface area contributed by atoms with Crippen molar-refractivity contribution < 1.29 is 13.0 Å². The second kappa shape index (κ2) is 4.72. The molecule has 2 rings (SSSR count). The molecule has 18 heavy (non-hydrogen) atoms. The molecule has 0 fully saturated rings. The first-order valence-electron chi connectivity index (χ1n) is 5.20. The molecule has 0 radical (unpaired) electrons. The maximum absolute atomic E-state index is 11.2. The monoisotopic (exact) mass is 281 g/mol. The van der Waals surface area contributed by atoms with Crippen LogP contribution in [0.4, 0.5) is 0 Å². The summed E-state index contributed by atoms with van der Waals surface area (Å²) in [7, 11) is -4.49. The molecule has 0 unspecified atom stereocenters. The number of hydrogen-bond acceptors (Lipinski definition) is 3. The minimum absolute atomic E-state index is 0.213. The first-order chi connectivity index (χ1) is 8.38. The van der Waals surface area contributed by atoms with Crippen LogP contribution in [0.3, 0.4) is 0 Å². The summed E-state index contributed by atoms with van der Waals surface area (Å²) in [4.78, 5) is -0.213. The Bertz CT molecular complexity index is 676. The van der Waals surface area contributed by atoms with Crippen molar-refractivity contribution in [3.63, 3.8) is 0 Å². The van der Waals surface area contributed by atoms with E-state index in [0.29, 0.717) is 16.1 Å². The van der Waals surface area contributed by atoms with Gasteiger partial charge in [0.05, 0.1) is 4.90 Å². The predicted octanol–water partition coefficient (Wildman–Crippen LogP) is 3.22. The highest BCUT2D eigenvalue weighted by Crippen LogP contribution is 2.29. The van der Waals surface area contributed by atoms with Gasteiger partial charge in [-0.25, -0.2) is 8.42 Å². The molecule has 0 heterocycles. The van der Waals surface area contributed by atoms with E-state index in [2.05, 4.69) is 0 Å². The predicted molar refractivity (Wildman–Crippen MR) is 69.6 cm³/mol. The van der Waals surface area contributed by atoms with Crippen LogP contribution in [0.25, 0.3) is 11.1 Å². The zero-order chi connectivity index (χ0) is 13.3. The lowest BCUT2D eigenvalue weighted by Crippen LogP contribution is -2.01. The van der Waals surface area contributed by atoms with Crippen molar-refractivity contribution in [1.82, 2.24) is 0 Å². The fourth-order valence-electron chi connectivity index (χ4n) is 1.72. The Morgan fingerprint density at radius 1 is 1.06 bits per heavy atom. The molecule has 2 aromatic carbocycles. The van der Waals surface area contributed by atoms with E-state index in [-0.39, 0.29) is 4.90 Å². The molecule has 0 aliphatic heterocycles. The van der Waals surface area contributed by atoms with Gasteiger partial charge in [-0.3, -0.25) is 0 Å². The summed E-state index contributed by atoms with van der Waals surface area (Å²) in [6, 6.07) is 11.3. The third-order valence-corrected chi connectivity index (χ3v) is 3.71. The van der Waals surface area contributed by atoms with Crippen LogP contribution in [-0.2, 0) is 10.1 Å². The van der Waals surface area contributed by atoms with Crippen LogP contribution in [0.5, 0.6) is 0 Å². The Hall–Kier alpha value is -1.36. The average Bonchev–Trinajstić information content (AvgIpc) is 2.28. The van der Waals surface area contributed by atoms with Crippen LogP contribution in [0.1, 0.15) is 5.56 Å². The summed E-state index contributed by atoms with van der Waals surface area (Å²) >= 11 is 5.78. The van der Waals surface area contributed by atoms with Gasteiger partial charge in [-0.15, -0.1) is 0 Å². The lowest BCUT2D eigenvalue weighted by Gasteiger charge is -2.14. The zero-order valence-corrected chi connectivity index (χ0v) is 11.1. The van der Waals surface area contributed by atoms with Gasteiger partial charge in [0.15, 0.2) is 0 Å². The lowest BCUT2D eigenvalue weighted by molar-refractivity contribution is 0.463. The Labute approximate surface area is 111 Å². The minimum atomic E-state index is -4.49. The van der Waals surface area contributed by atoms with Crippen molar-refractivity contribution in [2.75, 3.05) is 0 Å². The fourth-order valence-corrected chi connectivity index (χ4v) is 2.52. The van der Waals surface area contributed by atoms with E-state index in [1.807, 2.05) is 6.92 Å². The van der Waals surface area contributed by atoms with Crippen LogP contribution < -0.4 is 0 Å². The molecule has 0 saturated heterocycles. The van der Waals surface area contributed by atoms with Crippen molar-refractivity contribution >= 4 is 21.7 Å². The van der Waals surface area contributed by atoms with Crippen LogP contribution in [0.2, 0.25) is 5.02 Å². The molecule has 3 nitrogen and oxygen atoms in total. The van der Waals surface area contributed by atoms with Crippen molar-refractivity contribution in [3.8, 4) is 11.1 Å². The van der Waals surface area contributed by atoms with E-state index < -0.39 is 10.1 Å². The van der Waals surface area contributed by atoms with E-state index in [0.717, 1.165) is 5.56 Å². The second-order valence-corrected chi connectivity index (χ2v) is 5.75. The summed E-state index contributed by atoms with van der Waals surface area (Å²) in [5.41, 5.74) is 1.94. The maximum Gasteiger partial charge on any atom is 0.125 e. The molecule has 2 aromatic rings. The highest BCUT2D eigenvalue weighted by molar-refractivity contribution is 7.85. The minimum Gasteiger partial charge on any atom is -0.744 e. The molecule has 0 saturated carbocycles. The van der Waals surface area contributed by atoms with Crippen molar-refractivity contribution in [2.24, 2.45) is 0 Å². The summed E-state index contributed by atoms with van der Waals surface area (Å²) in [6.07, 6.45) is 0. The van der Waals surface area contributed by atoms with Gasteiger partial charge < -0.3 is 4.55 Å². The Morgan fingerprint density at radius 3 is 2.22 bits per heavy atom. The SMILES string of the molecule is Cc1ccc(S(=O)(=O)[O-])c(-c2ccc(Cl)cc2)c1. The van der Waals surface area contributed by atoms with Gasteiger partial charge in [-0.05, 0) is 36.2 Å². The van der Waals surface area contributed by atoms with Gasteiger partial charge in [-0.2, -0.15) is 0 Å². The topological polar surface area (TPSA) is 57.2 Å². The van der Waals surface area contributed by atoms with Crippen molar-refractivity contribution in [1.29, 1.82) is 0 Å². The third kappa shape index (κ3) is 2.72. The third-order valence-electron chi connectivity index (χ3n) is 2.56. The van der Waals surface area contributed by atoms with Gasteiger partial charge in [-0.1, -0.05) is 41.4 Å². The quantitative estimate of drug-likeness (QED) is 0.794. The summed E-state index contributed by atoms with van der Waals surface area (Å²) in [5, 5.41) is 0.554. The second-order valence-electron chi connectivity index (χ2n) is 3.96. The zero-order valence-electron chi connectivity index (χ0n) is 9.55. The molecule has 0 amide bonds. The standard InChI is InChI=1S/C13H11ClO3S/c1-9-2-7-13(18(15,16)17)12(8-9)10-3-5-11(14)6-4-10/h2-8H,1H3,(H,15,16,17)/p-1. The smallest absolute Gasteiger partial charge is 0.125 e. The van der Waals surface area contributed by atoms with Crippen LogP contribution >= 0.6 is 11.6 Å². The molecule has 0 aliphatic rings. The molecule has 0 N–H and O–H groups in total. The molecule has 0 aromatic heterocycles. The molecular formula is C13H10ClO3S-. The number of halogens is 1. The van der Waals surface area contributed by atoms with Gasteiger partial charge in [0.2, 0.25) is 0 Å². The van der Waals surface area contributed by atoms with Crippen molar-refractivity contribution in [3.05, 3.63) is 53.1 Å². The number of benzene rings is 2. The number of hydrogen-bond donors (Lipinski definition) is 0. The number of rotatable bonds is 2. The molecular weight excluding hydrogens is 272 g/mol. The Kier molecular flexibility index (Phi) is 3.43. The van der Waals surface area contributed by atoms with Crippen molar-refractivity contribution in [2.45, 2.75) is 11.8 Å². The van der Waals surface area contributed by atoms with Crippen LogP contribution in [0.15, 0.2) is 47.4 Å². The normalized spacial score (nSPS) is 11.5. The lowest BCUT2D eigenvalue weighted by atomic mass is 10.0. The Morgan fingerprint density at radius 2 is 1.67 bits per heavy atom. The van der Waals surface area contributed by atoms with E-state index in [9.17, 15) is 13.0 Å². The summed E-state index contributed by atoms with van der Waals surface area (Å²) in [5.74, 6) is 0. The molecule has 94 valence electrons. The highest BCUT2D eigenvalue weighted by Gasteiger charge is 2.10. The van der Waals surface area contributed by atoms with Crippen LogP contribution in [-0.4, -0.2) is 13.0 Å². The first kappa shape index (κ1) is 13.1. The van der Waals surface area contributed by atoms with E-state index in [4.69, 9.17) is 11.6 Å². The maximum atomic E-state index is 11.2. The number of aryl methyl sites for hydroxylation is 1. The first-order valence-corrected chi connectivity index (χ1v) is 6.99. The molecule has 5 heteroatoms. The largest absolute Gasteiger partial charge is 0.744 e. The van der Waals surface area contributed by atoms with E-state index in [1.54, 1.807) is 36.4 Å². The van der Waals surface area contributed by atoms with E-state index >= 15 is 0 Å². The van der Waals surface area contributed by atoms with Crippen LogP contribution in [0, 0.1) is 6.92 Å². The summed E-state index contributed by atoms with van der Waals surface area (Å²) in [6.45, 7) is 1.83. The fraction of sp³-hybridized carbons (Fsp3) is 0.0769. The van der Waals surface area contributed by atoms with Gasteiger partial charge in [0.25, 0.3) is 0 Å². The van der Waals surface area contributed by atoms with Gasteiger partial charge in [0, 0.05) is 5.02 Å². The molecule has 0 bridgehead atoms. The Balaban J connectivity index is 2.69. The molecule has 0 atom stereocenters. The highest BCUT2D eigenvalue weighted by atomic mass is 35.5. The summed E-state index contributed by atoms with van der Waals surface area (Å²) < 4.78 is 33.7. The molecule has 0 aliphatic carbocycles.